The maximum atomic E-state index is 3.83. The fraction of sp³-hybridized carbons (Fsp3) is 1.00. The zero-order valence-electron chi connectivity index (χ0n) is 11.9. The predicted octanol–water partition coefficient (Wildman–Crippen LogP) is 2.59. The average Bonchev–Trinajstić information content (AvgIpc) is 3.23. The van der Waals surface area contributed by atoms with Gasteiger partial charge in [0.1, 0.15) is 0 Å². The Balaban J connectivity index is 1.67. The number of nitrogens with zero attached hydrogens (tertiary/aromatic N) is 1. The average molecular weight is 268 g/mol. The van der Waals surface area contributed by atoms with Gasteiger partial charge in [-0.2, -0.15) is 11.8 Å². The van der Waals surface area contributed by atoms with Crippen LogP contribution in [0.2, 0.25) is 0 Å². The summed E-state index contributed by atoms with van der Waals surface area (Å²) in [5, 5.41) is 3.83. The minimum Gasteiger partial charge on any atom is -0.311 e. The first-order valence-corrected chi connectivity index (χ1v) is 8.98. The molecule has 1 saturated carbocycles. The van der Waals surface area contributed by atoms with Crippen molar-refractivity contribution in [2.24, 2.45) is 11.8 Å². The van der Waals surface area contributed by atoms with Crippen molar-refractivity contribution >= 4 is 11.8 Å². The third-order valence-corrected chi connectivity index (χ3v) is 6.09. The van der Waals surface area contributed by atoms with E-state index >= 15 is 0 Å². The Morgan fingerprint density at radius 2 is 1.83 bits per heavy atom. The topological polar surface area (TPSA) is 15.3 Å². The summed E-state index contributed by atoms with van der Waals surface area (Å²) in [7, 11) is 0. The second-order valence-corrected chi connectivity index (χ2v) is 7.93. The van der Waals surface area contributed by atoms with E-state index < -0.39 is 0 Å². The monoisotopic (exact) mass is 268 g/mol. The van der Waals surface area contributed by atoms with Crippen LogP contribution in [0.5, 0.6) is 0 Å². The van der Waals surface area contributed by atoms with E-state index in [-0.39, 0.29) is 0 Å². The second-order valence-electron chi connectivity index (χ2n) is 6.70. The molecule has 2 saturated heterocycles. The maximum absolute atomic E-state index is 3.83. The highest BCUT2D eigenvalue weighted by atomic mass is 32.2. The van der Waals surface area contributed by atoms with Gasteiger partial charge in [0.25, 0.3) is 0 Å². The van der Waals surface area contributed by atoms with Gasteiger partial charge < -0.3 is 5.32 Å². The van der Waals surface area contributed by atoms with E-state index in [1.807, 2.05) is 0 Å². The van der Waals surface area contributed by atoms with Crippen LogP contribution in [-0.2, 0) is 0 Å². The van der Waals surface area contributed by atoms with Gasteiger partial charge in [-0.1, -0.05) is 13.8 Å². The van der Waals surface area contributed by atoms with E-state index in [0.29, 0.717) is 0 Å². The summed E-state index contributed by atoms with van der Waals surface area (Å²) in [6.45, 7) is 7.34. The van der Waals surface area contributed by atoms with Crippen molar-refractivity contribution in [3.05, 3.63) is 0 Å². The molecule has 3 fully saturated rings. The molecular weight excluding hydrogens is 240 g/mol. The van der Waals surface area contributed by atoms with Gasteiger partial charge in [0.05, 0.1) is 0 Å². The summed E-state index contributed by atoms with van der Waals surface area (Å²) in [5.41, 5.74) is 0. The Bertz CT molecular complexity index is 272. The lowest BCUT2D eigenvalue weighted by Crippen LogP contribution is -2.62. The van der Waals surface area contributed by atoms with Gasteiger partial charge >= 0.3 is 0 Å². The first-order chi connectivity index (χ1) is 8.75. The highest BCUT2D eigenvalue weighted by Gasteiger charge is 2.40. The van der Waals surface area contributed by atoms with Crippen molar-refractivity contribution in [3.63, 3.8) is 0 Å². The molecule has 2 nitrogen and oxygen atoms in total. The minimum absolute atomic E-state index is 0.771. The molecule has 0 aromatic heterocycles. The largest absolute Gasteiger partial charge is 0.311 e. The predicted molar refractivity (Wildman–Crippen MR) is 80.2 cm³/mol. The molecule has 2 heterocycles. The molecule has 2 aliphatic heterocycles. The van der Waals surface area contributed by atoms with E-state index in [4.69, 9.17) is 0 Å². The van der Waals surface area contributed by atoms with Crippen molar-refractivity contribution < 1.29 is 0 Å². The number of hydrogen-bond donors (Lipinski definition) is 1. The van der Waals surface area contributed by atoms with Crippen molar-refractivity contribution in [1.82, 2.24) is 10.2 Å². The first kappa shape index (κ1) is 13.3. The van der Waals surface area contributed by atoms with Crippen molar-refractivity contribution in [2.75, 3.05) is 24.6 Å². The van der Waals surface area contributed by atoms with Gasteiger partial charge in [-0.25, -0.2) is 0 Å². The summed E-state index contributed by atoms with van der Waals surface area (Å²) in [5.74, 6) is 4.55. The van der Waals surface area contributed by atoms with Crippen LogP contribution >= 0.6 is 11.8 Å². The van der Waals surface area contributed by atoms with Crippen molar-refractivity contribution in [3.8, 4) is 0 Å². The van der Waals surface area contributed by atoms with Gasteiger partial charge in [-0.05, 0) is 49.0 Å². The third-order valence-electron chi connectivity index (χ3n) is 5.04. The van der Waals surface area contributed by atoms with Crippen LogP contribution in [0.4, 0.5) is 0 Å². The second kappa shape index (κ2) is 5.72. The van der Waals surface area contributed by atoms with Gasteiger partial charge in [0.2, 0.25) is 0 Å². The fourth-order valence-electron chi connectivity index (χ4n) is 3.69. The molecule has 2 atom stereocenters. The summed E-state index contributed by atoms with van der Waals surface area (Å²) in [6, 6.07) is 2.45. The van der Waals surface area contributed by atoms with Crippen LogP contribution in [0.15, 0.2) is 0 Å². The molecule has 18 heavy (non-hydrogen) atoms. The van der Waals surface area contributed by atoms with Crippen LogP contribution < -0.4 is 5.32 Å². The number of hydrogen-bond acceptors (Lipinski definition) is 3. The number of piperazine rings is 1. The lowest BCUT2D eigenvalue weighted by atomic mass is 9.93. The van der Waals surface area contributed by atoms with E-state index in [9.17, 15) is 0 Å². The molecule has 3 heteroatoms. The summed E-state index contributed by atoms with van der Waals surface area (Å²) in [6.07, 6.45) is 5.79. The van der Waals surface area contributed by atoms with Crippen LogP contribution in [0.1, 0.15) is 39.5 Å². The smallest absolute Gasteiger partial charge is 0.0247 e. The van der Waals surface area contributed by atoms with E-state index in [1.165, 1.54) is 50.3 Å². The van der Waals surface area contributed by atoms with Gasteiger partial charge in [-0.3, -0.25) is 4.90 Å². The molecule has 0 aromatic carbocycles. The van der Waals surface area contributed by atoms with Crippen LogP contribution in [-0.4, -0.2) is 47.6 Å². The lowest BCUT2D eigenvalue weighted by molar-refractivity contribution is 0.0471. The molecule has 1 N–H and O–H groups in total. The normalized spacial score (nSPS) is 36.2. The minimum atomic E-state index is 0.771. The zero-order chi connectivity index (χ0) is 12.5. The number of nitrogens with one attached hydrogen (secondary N) is 1. The molecule has 0 radical (unpaired) electrons. The summed E-state index contributed by atoms with van der Waals surface area (Å²) in [4.78, 5) is 2.89. The molecular formula is C15H28N2S. The molecule has 104 valence electrons. The molecule has 0 bridgehead atoms. The SMILES string of the molecule is CC(C)C1CNC(C2CC2)CN1C1CCSCC1. The lowest BCUT2D eigenvalue weighted by Gasteiger charge is -2.47. The molecule has 0 spiro atoms. The Morgan fingerprint density at radius 1 is 1.11 bits per heavy atom. The summed E-state index contributed by atoms with van der Waals surface area (Å²) >= 11 is 2.15. The maximum Gasteiger partial charge on any atom is 0.0247 e. The highest BCUT2D eigenvalue weighted by molar-refractivity contribution is 7.99. The van der Waals surface area contributed by atoms with Crippen molar-refractivity contribution in [1.29, 1.82) is 0 Å². The molecule has 3 aliphatic rings. The quantitative estimate of drug-likeness (QED) is 0.847. The van der Waals surface area contributed by atoms with Crippen LogP contribution in [0.25, 0.3) is 0 Å². The Labute approximate surface area is 116 Å². The zero-order valence-corrected chi connectivity index (χ0v) is 12.7. The van der Waals surface area contributed by atoms with Gasteiger partial charge in [0.15, 0.2) is 0 Å². The number of thioether (sulfide) groups is 1. The molecule has 0 aromatic rings. The van der Waals surface area contributed by atoms with E-state index in [2.05, 4.69) is 35.8 Å². The molecule has 2 unspecified atom stereocenters. The van der Waals surface area contributed by atoms with Crippen molar-refractivity contribution in [2.45, 2.75) is 57.7 Å². The van der Waals surface area contributed by atoms with Crippen LogP contribution in [0.3, 0.4) is 0 Å². The Kier molecular flexibility index (Phi) is 4.21. The molecule has 1 aliphatic carbocycles. The van der Waals surface area contributed by atoms with Gasteiger partial charge in [0, 0.05) is 31.2 Å². The number of rotatable bonds is 3. The third kappa shape index (κ3) is 2.88. The molecule has 0 amide bonds. The van der Waals surface area contributed by atoms with Gasteiger partial charge in [-0.15, -0.1) is 0 Å². The standard InChI is InChI=1S/C15H28N2S/c1-11(2)15-9-16-14(12-3-4-12)10-17(15)13-5-7-18-8-6-13/h11-16H,3-10H2,1-2H3. The summed E-state index contributed by atoms with van der Waals surface area (Å²) < 4.78 is 0. The molecule has 3 rings (SSSR count). The van der Waals surface area contributed by atoms with E-state index in [0.717, 1.165) is 30.0 Å². The Hall–Kier alpha value is 0.270. The van der Waals surface area contributed by atoms with Crippen LogP contribution in [0, 0.1) is 11.8 Å². The first-order valence-electron chi connectivity index (χ1n) is 7.82. The Morgan fingerprint density at radius 3 is 2.44 bits per heavy atom. The fourth-order valence-corrected chi connectivity index (χ4v) is 4.77. The highest BCUT2D eigenvalue weighted by Crippen LogP contribution is 2.36. The van der Waals surface area contributed by atoms with E-state index in [1.54, 1.807) is 0 Å².